The lowest BCUT2D eigenvalue weighted by Gasteiger charge is -2.36. The van der Waals surface area contributed by atoms with Crippen LogP contribution in [0, 0.1) is 0 Å². The van der Waals surface area contributed by atoms with Gasteiger partial charge in [0.25, 0.3) is 11.8 Å². The second kappa shape index (κ2) is 8.76. The summed E-state index contributed by atoms with van der Waals surface area (Å²) in [5.41, 5.74) is 2.87. The number of nitrogens with zero attached hydrogens (tertiary/aromatic N) is 3. The van der Waals surface area contributed by atoms with Crippen molar-refractivity contribution in [3.05, 3.63) is 52.0 Å². The molecule has 0 radical (unpaired) electrons. The minimum atomic E-state index is -0.214. The molecular weight excluding hydrogens is 458 g/mol. The van der Waals surface area contributed by atoms with E-state index in [1.807, 2.05) is 24.3 Å². The molecule has 4 aliphatic heterocycles. The van der Waals surface area contributed by atoms with Gasteiger partial charge in [0.05, 0.1) is 29.5 Å². The molecule has 4 aliphatic rings. The zero-order valence-electron chi connectivity index (χ0n) is 18.8. The van der Waals surface area contributed by atoms with Gasteiger partial charge in [0, 0.05) is 50.4 Å². The number of imide groups is 1. The minimum Gasteiger partial charge on any atom is -0.454 e. The van der Waals surface area contributed by atoms with Crippen LogP contribution < -0.4 is 14.4 Å². The van der Waals surface area contributed by atoms with E-state index in [4.69, 9.17) is 25.8 Å². The second-order valence-corrected chi connectivity index (χ2v) is 9.52. The molecule has 1 unspecified atom stereocenters. The molecule has 4 heterocycles. The highest BCUT2D eigenvalue weighted by molar-refractivity contribution is 6.31. The summed E-state index contributed by atoms with van der Waals surface area (Å²) in [7, 11) is 0. The van der Waals surface area contributed by atoms with E-state index in [0.29, 0.717) is 41.6 Å². The number of fused-ring (bicyclic) bond motifs is 2. The van der Waals surface area contributed by atoms with Gasteiger partial charge in [-0.2, -0.15) is 0 Å². The van der Waals surface area contributed by atoms with Crippen LogP contribution in [0.1, 0.15) is 39.1 Å². The van der Waals surface area contributed by atoms with E-state index >= 15 is 0 Å². The Morgan fingerprint density at radius 3 is 2.56 bits per heavy atom. The zero-order chi connectivity index (χ0) is 23.2. The maximum atomic E-state index is 13.3. The molecule has 0 spiro atoms. The van der Waals surface area contributed by atoms with Crippen molar-refractivity contribution in [2.75, 3.05) is 51.0 Å². The average Bonchev–Trinajstić information content (AvgIpc) is 3.58. The maximum absolute atomic E-state index is 13.3. The molecule has 2 fully saturated rings. The third-order valence-electron chi connectivity index (χ3n) is 7.04. The molecule has 1 atom stereocenters. The SMILES string of the molecule is O=C1c2cccc(N3CCN(Cc4cc5c(cc4Cl)OCO5)CC3)c2C(=O)N1CC1CCCO1. The van der Waals surface area contributed by atoms with Gasteiger partial charge >= 0.3 is 0 Å². The van der Waals surface area contributed by atoms with Crippen LogP contribution in [-0.4, -0.2) is 73.8 Å². The fourth-order valence-electron chi connectivity index (χ4n) is 5.21. The van der Waals surface area contributed by atoms with Gasteiger partial charge in [-0.1, -0.05) is 17.7 Å². The number of piperazine rings is 1. The fourth-order valence-corrected chi connectivity index (χ4v) is 5.42. The van der Waals surface area contributed by atoms with E-state index in [9.17, 15) is 9.59 Å². The molecule has 34 heavy (non-hydrogen) atoms. The number of hydrogen-bond acceptors (Lipinski definition) is 7. The Balaban J connectivity index is 1.15. The summed E-state index contributed by atoms with van der Waals surface area (Å²) in [6.07, 6.45) is 1.80. The summed E-state index contributed by atoms with van der Waals surface area (Å²) in [6.45, 7) is 5.10. The molecule has 2 saturated heterocycles. The van der Waals surface area contributed by atoms with Crippen LogP contribution in [0.25, 0.3) is 0 Å². The summed E-state index contributed by atoms with van der Waals surface area (Å²) in [4.78, 5) is 32.2. The third kappa shape index (κ3) is 3.79. The number of ether oxygens (including phenoxy) is 3. The normalized spacial score (nSPS) is 22.1. The van der Waals surface area contributed by atoms with Crippen LogP contribution in [0.3, 0.4) is 0 Å². The zero-order valence-corrected chi connectivity index (χ0v) is 19.6. The van der Waals surface area contributed by atoms with Gasteiger partial charge in [0.1, 0.15) is 0 Å². The van der Waals surface area contributed by atoms with Crippen molar-refractivity contribution in [1.29, 1.82) is 0 Å². The molecule has 0 aliphatic carbocycles. The number of rotatable bonds is 5. The van der Waals surface area contributed by atoms with E-state index < -0.39 is 0 Å². The van der Waals surface area contributed by atoms with Gasteiger partial charge in [-0.15, -0.1) is 0 Å². The fraction of sp³-hybridized carbons (Fsp3) is 0.440. The van der Waals surface area contributed by atoms with Crippen molar-refractivity contribution >= 4 is 29.1 Å². The summed E-state index contributed by atoms with van der Waals surface area (Å²) in [6, 6.07) is 9.34. The Morgan fingerprint density at radius 1 is 1.00 bits per heavy atom. The Kier molecular flexibility index (Phi) is 5.59. The molecule has 2 aromatic carbocycles. The van der Waals surface area contributed by atoms with Crippen LogP contribution >= 0.6 is 11.6 Å². The van der Waals surface area contributed by atoms with Crippen molar-refractivity contribution in [2.24, 2.45) is 0 Å². The molecule has 8 nitrogen and oxygen atoms in total. The lowest BCUT2D eigenvalue weighted by molar-refractivity contribution is 0.0475. The largest absolute Gasteiger partial charge is 0.454 e. The first-order valence-electron chi connectivity index (χ1n) is 11.7. The standard InChI is InChI=1S/C25H26ClN3O5/c26-19-12-22-21(33-15-34-22)11-16(19)13-27-6-8-28(9-7-27)20-5-1-4-18-23(20)25(31)29(24(18)30)14-17-3-2-10-32-17/h1,4-5,11-12,17H,2-3,6-10,13-15H2. The highest BCUT2D eigenvalue weighted by atomic mass is 35.5. The van der Waals surface area contributed by atoms with Crippen LogP contribution in [0.5, 0.6) is 11.5 Å². The molecule has 0 aromatic heterocycles. The molecule has 6 rings (SSSR count). The number of hydrogen-bond donors (Lipinski definition) is 0. The number of carbonyl (C=O) groups excluding carboxylic acids is 2. The van der Waals surface area contributed by atoms with Crippen LogP contribution in [-0.2, 0) is 11.3 Å². The molecule has 178 valence electrons. The summed E-state index contributed by atoms with van der Waals surface area (Å²) < 4.78 is 16.6. The van der Waals surface area contributed by atoms with Crippen molar-refractivity contribution in [3.63, 3.8) is 0 Å². The predicted molar refractivity (Wildman–Crippen MR) is 126 cm³/mol. The first kappa shape index (κ1) is 21.7. The average molecular weight is 484 g/mol. The Bertz CT molecular complexity index is 1140. The number of benzene rings is 2. The molecule has 9 heteroatoms. The van der Waals surface area contributed by atoms with Crippen molar-refractivity contribution in [1.82, 2.24) is 9.80 Å². The highest BCUT2D eigenvalue weighted by Gasteiger charge is 2.40. The first-order valence-corrected chi connectivity index (χ1v) is 12.1. The van der Waals surface area contributed by atoms with Gasteiger partial charge in [0.15, 0.2) is 11.5 Å². The number of anilines is 1. The monoisotopic (exact) mass is 483 g/mol. The topological polar surface area (TPSA) is 71.6 Å². The smallest absolute Gasteiger partial charge is 0.263 e. The summed E-state index contributed by atoms with van der Waals surface area (Å²) in [5, 5.41) is 0.669. The Morgan fingerprint density at radius 2 is 1.79 bits per heavy atom. The minimum absolute atomic E-state index is 0.0581. The van der Waals surface area contributed by atoms with Gasteiger partial charge in [-0.05, 0) is 36.6 Å². The lowest BCUT2D eigenvalue weighted by Crippen LogP contribution is -2.46. The number of amides is 2. The van der Waals surface area contributed by atoms with Crippen molar-refractivity contribution < 1.29 is 23.8 Å². The Labute approximate surface area is 202 Å². The summed E-state index contributed by atoms with van der Waals surface area (Å²) >= 11 is 6.46. The van der Waals surface area contributed by atoms with E-state index in [1.54, 1.807) is 6.07 Å². The quantitative estimate of drug-likeness (QED) is 0.605. The molecule has 0 N–H and O–H groups in total. The van der Waals surface area contributed by atoms with Crippen molar-refractivity contribution in [3.8, 4) is 11.5 Å². The molecular formula is C25H26ClN3O5. The van der Waals surface area contributed by atoms with Gasteiger partial charge in [-0.25, -0.2) is 0 Å². The molecule has 2 aromatic rings. The molecule has 2 amide bonds. The van der Waals surface area contributed by atoms with Crippen LogP contribution in [0.4, 0.5) is 5.69 Å². The third-order valence-corrected chi connectivity index (χ3v) is 7.39. The van der Waals surface area contributed by atoms with Crippen LogP contribution in [0.15, 0.2) is 30.3 Å². The van der Waals surface area contributed by atoms with E-state index in [2.05, 4.69) is 9.80 Å². The second-order valence-electron chi connectivity index (χ2n) is 9.12. The number of halogens is 1. The molecule has 0 bridgehead atoms. The predicted octanol–water partition coefficient (Wildman–Crippen LogP) is 3.17. The molecule has 0 saturated carbocycles. The van der Waals surface area contributed by atoms with E-state index in [0.717, 1.165) is 56.0 Å². The van der Waals surface area contributed by atoms with Crippen LogP contribution in [0.2, 0.25) is 5.02 Å². The summed E-state index contributed by atoms with van der Waals surface area (Å²) in [5.74, 6) is 0.993. The van der Waals surface area contributed by atoms with E-state index in [-0.39, 0.29) is 24.7 Å². The highest BCUT2D eigenvalue weighted by Crippen LogP contribution is 2.38. The number of carbonyl (C=O) groups is 2. The van der Waals surface area contributed by atoms with E-state index in [1.165, 1.54) is 4.90 Å². The van der Waals surface area contributed by atoms with Gasteiger partial charge in [0.2, 0.25) is 6.79 Å². The van der Waals surface area contributed by atoms with Gasteiger partial charge in [-0.3, -0.25) is 19.4 Å². The van der Waals surface area contributed by atoms with Crippen molar-refractivity contribution in [2.45, 2.75) is 25.5 Å². The Hall–Kier alpha value is -2.81. The first-order chi connectivity index (χ1) is 16.6. The lowest BCUT2D eigenvalue weighted by atomic mass is 10.1. The van der Waals surface area contributed by atoms with Gasteiger partial charge < -0.3 is 19.1 Å². The maximum Gasteiger partial charge on any atom is 0.263 e.